The Morgan fingerprint density at radius 2 is 1.88 bits per heavy atom. The highest BCUT2D eigenvalue weighted by molar-refractivity contribution is 6.33. The molecule has 0 aliphatic rings. The summed E-state index contributed by atoms with van der Waals surface area (Å²) in [6, 6.07) is 3.01. The highest BCUT2D eigenvalue weighted by Gasteiger charge is 2.22. The fourth-order valence-electron chi connectivity index (χ4n) is 2.35. The number of nitrogens with one attached hydrogen (secondary N) is 1. The maximum Gasteiger partial charge on any atom is 0.407 e. The molecule has 1 atom stereocenters. The van der Waals surface area contributed by atoms with Crippen LogP contribution in [0.4, 0.5) is 4.79 Å². The van der Waals surface area contributed by atoms with Crippen molar-refractivity contribution < 1.29 is 28.9 Å². The normalized spacial score (nSPS) is 12.2. The van der Waals surface area contributed by atoms with Crippen molar-refractivity contribution in [3.8, 4) is 11.5 Å². The van der Waals surface area contributed by atoms with Crippen LogP contribution in [0, 0.1) is 0 Å². The van der Waals surface area contributed by atoms with Gasteiger partial charge in [-0.05, 0) is 45.2 Å². The molecule has 0 radical (unpaired) electrons. The van der Waals surface area contributed by atoms with Gasteiger partial charge >= 0.3 is 12.1 Å². The predicted molar refractivity (Wildman–Crippen MR) is 98.3 cm³/mol. The summed E-state index contributed by atoms with van der Waals surface area (Å²) in [6.45, 7) is 5.26. The molecule has 0 spiro atoms. The molecule has 1 aromatic rings. The first kappa shape index (κ1) is 21.9. The molecule has 2 N–H and O–H groups in total. The van der Waals surface area contributed by atoms with Gasteiger partial charge in [-0.15, -0.1) is 0 Å². The Morgan fingerprint density at radius 1 is 1.23 bits per heavy atom. The predicted octanol–water partition coefficient (Wildman–Crippen LogP) is 3.66. The molecule has 1 aromatic carbocycles. The third kappa shape index (κ3) is 7.00. The van der Waals surface area contributed by atoms with Crippen LogP contribution in [0.3, 0.4) is 0 Å². The van der Waals surface area contributed by atoms with Crippen LogP contribution in [-0.4, -0.2) is 43.0 Å². The maximum atomic E-state index is 12.1. The lowest BCUT2D eigenvalue weighted by Gasteiger charge is -2.24. The van der Waals surface area contributed by atoms with E-state index in [1.807, 2.05) is 0 Å². The molecule has 0 saturated carbocycles. The van der Waals surface area contributed by atoms with Gasteiger partial charge in [0.2, 0.25) is 0 Å². The number of alkyl carbamates (subject to hydrolysis) is 1. The molecule has 0 aromatic heterocycles. The van der Waals surface area contributed by atoms with Crippen LogP contribution >= 0.6 is 11.6 Å². The average molecular weight is 388 g/mol. The van der Waals surface area contributed by atoms with Crippen LogP contribution < -0.4 is 14.8 Å². The number of ether oxygens (including phenoxy) is 3. The second kappa shape index (κ2) is 9.52. The van der Waals surface area contributed by atoms with E-state index in [1.165, 1.54) is 14.2 Å². The molecular formula is C18H26ClNO6. The van der Waals surface area contributed by atoms with Crippen molar-refractivity contribution in [3.05, 3.63) is 22.7 Å². The molecule has 0 aliphatic carbocycles. The maximum absolute atomic E-state index is 12.1. The number of carbonyl (C=O) groups is 2. The first-order valence-corrected chi connectivity index (χ1v) is 8.55. The number of carbonyl (C=O) groups excluding carboxylic acids is 1. The van der Waals surface area contributed by atoms with Crippen LogP contribution in [0.25, 0.3) is 0 Å². The number of benzene rings is 1. The quantitative estimate of drug-likeness (QED) is 0.707. The van der Waals surface area contributed by atoms with Gasteiger partial charge in [0.15, 0.2) is 11.5 Å². The monoisotopic (exact) mass is 387 g/mol. The summed E-state index contributed by atoms with van der Waals surface area (Å²) in [5.74, 6) is -0.0660. The van der Waals surface area contributed by atoms with Gasteiger partial charge in [0.25, 0.3) is 0 Å². The number of methoxy groups -OCH3 is 2. The van der Waals surface area contributed by atoms with Gasteiger partial charge in [-0.2, -0.15) is 0 Å². The van der Waals surface area contributed by atoms with E-state index in [1.54, 1.807) is 32.9 Å². The highest BCUT2D eigenvalue weighted by Crippen LogP contribution is 2.37. The first-order chi connectivity index (χ1) is 12.1. The second-order valence-electron chi connectivity index (χ2n) is 6.75. The van der Waals surface area contributed by atoms with E-state index >= 15 is 0 Å². The lowest BCUT2D eigenvalue weighted by molar-refractivity contribution is -0.137. The zero-order valence-electron chi connectivity index (χ0n) is 15.7. The Balaban J connectivity index is 2.98. The SMILES string of the molecule is COc1ccc(CC(CCC(=O)O)NC(=O)OC(C)(C)C)c(Cl)c1OC. The van der Waals surface area contributed by atoms with E-state index < -0.39 is 23.7 Å². The Labute approximate surface area is 158 Å². The van der Waals surface area contributed by atoms with Crippen molar-refractivity contribution in [2.45, 2.75) is 51.7 Å². The van der Waals surface area contributed by atoms with E-state index in [9.17, 15) is 9.59 Å². The van der Waals surface area contributed by atoms with Crippen molar-refractivity contribution in [2.24, 2.45) is 0 Å². The Hall–Kier alpha value is -2.15. The number of carboxylic acid groups (broad SMARTS) is 1. The largest absolute Gasteiger partial charge is 0.493 e. The van der Waals surface area contributed by atoms with Crippen LogP contribution in [0.5, 0.6) is 11.5 Å². The number of halogens is 1. The number of hydrogen-bond donors (Lipinski definition) is 2. The number of amides is 1. The highest BCUT2D eigenvalue weighted by atomic mass is 35.5. The van der Waals surface area contributed by atoms with E-state index in [4.69, 9.17) is 30.9 Å². The molecule has 26 heavy (non-hydrogen) atoms. The number of aliphatic carboxylic acids is 1. The summed E-state index contributed by atoms with van der Waals surface area (Å²) in [7, 11) is 2.99. The van der Waals surface area contributed by atoms with E-state index in [0.29, 0.717) is 28.5 Å². The minimum atomic E-state index is -0.945. The molecule has 0 bridgehead atoms. The minimum Gasteiger partial charge on any atom is -0.493 e. The topological polar surface area (TPSA) is 94.1 Å². The third-order valence-electron chi connectivity index (χ3n) is 3.46. The fourth-order valence-corrected chi connectivity index (χ4v) is 2.66. The molecule has 146 valence electrons. The molecule has 7 nitrogen and oxygen atoms in total. The zero-order valence-corrected chi connectivity index (χ0v) is 16.5. The Kier molecular flexibility index (Phi) is 8.02. The van der Waals surface area contributed by atoms with Gasteiger partial charge in [-0.1, -0.05) is 17.7 Å². The van der Waals surface area contributed by atoms with Crippen molar-refractivity contribution >= 4 is 23.7 Å². The standard InChI is InChI=1S/C18H26ClNO6/c1-18(2,3)26-17(23)20-12(7-9-14(21)22)10-11-6-8-13(24-4)16(25-5)15(11)19/h6,8,12H,7,9-10H2,1-5H3,(H,20,23)(H,21,22). The molecule has 1 unspecified atom stereocenters. The number of carboxylic acids is 1. The van der Waals surface area contributed by atoms with Gasteiger partial charge in [0, 0.05) is 12.5 Å². The summed E-state index contributed by atoms with van der Waals surface area (Å²) in [5.41, 5.74) is 0.0540. The van der Waals surface area contributed by atoms with Crippen LogP contribution in [0.1, 0.15) is 39.2 Å². The smallest absolute Gasteiger partial charge is 0.407 e. The second-order valence-corrected chi connectivity index (χ2v) is 7.13. The minimum absolute atomic E-state index is 0.0919. The summed E-state index contributed by atoms with van der Waals surface area (Å²) < 4.78 is 15.7. The molecular weight excluding hydrogens is 362 g/mol. The lowest BCUT2D eigenvalue weighted by Crippen LogP contribution is -2.40. The van der Waals surface area contributed by atoms with E-state index in [-0.39, 0.29) is 12.8 Å². The first-order valence-electron chi connectivity index (χ1n) is 8.18. The molecule has 0 aliphatic heterocycles. The van der Waals surface area contributed by atoms with E-state index in [2.05, 4.69) is 5.32 Å². The fraction of sp³-hybridized carbons (Fsp3) is 0.556. The molecule has 1 rings (SSSR count). The van der Waals surface area contributed by atoms with Gasteiger partial charge in [0.05, 0.1) is 19.2 Å². The lowest BCUT2D eigenvalue weighted by atomic mass is 10.0. The van der Waals surface area contributed by atoms with Crippen molar-refractivity contribution in [1.82, 2.24) is 5.32 Å². The van der Waals surface area contributed by atoms with Crippen LogP contribution in [0.2, 0.25) is 5.02 Å². The third-order valence-corrected chi connectivity index (χ3v) is 3.87. The van der Waals surface area contributed by atoms with Gasteiger partial charge in [-0.3, -0.25) is 4.79 Å². The summed E-state index contributed by atoms with van der Waals surface area (Å²) in [4.78, 5) is 23.0. The zero-order chi connectivity index (χ0) is 19.9. The van der Waals surface area contributed by atoms with Crippen molar-refractivity contribution in [2.75, 3.05) is 14.2 Å². The van der Waals surface area contributed by atoms with Gasteiger partial charge in [0.1, 0.15) is 5.60 Å². The number of hydrogen-bond acceptors (Lipinski definition) is 5. The Morgan fingerprint density at radius 3 is 2.38 bits per heavy atom. The van der Waals surface area contributed by atoms with Crippen molar-refractivity contribution in [3.63, 3.8) is 0 Å². The van der Waals surface area contributed by atoms with Gasteiger partial charge in [-0.25, -0.2) is 4.79 Å². The van der Waals surface area contributed by atoms with Gasteiger partial charge < -0.3 is 24.6 Å². The molecule has 8 heteroatoms. The summed E-state index contributed by atoms with van der Waals surface area (Å²) in [5, 5.41) is 12.0. The molecule has 0 fully saturated rings. The Bertz CT molecular complexity index is 641. The summed E-state index contributed by atoms with van der Waals surface area (Å²) in [6.07, 6.45) is -0.138. The summed E-state index contributed by atoms with van der Waals surface area (Å²) >= 11 is 6.38. The van der Waals surface area contributed by atoms with Crippen molar-refractivity contribution in [1.29, 1.82) is 0 Å². The van der Waals surface area contributed by atoms with E-state index in [0.717, 1.165) is 0 Å². The molecule has 0 saturated heterocycles. The van der Waals surface area contributed by atoms with Crippen LogP contribution in [0.15, 0.2) is 12.1 Å². The average Bonchev–Trinajstić information content (AvgIpc) is 2.52. The number of rotatable bonds is 8. The molecule has 0 heterocycles. The van der Waals surface area contributed by atoms with Crippen LogP contribution in [-0.2, 0) is 16.0 Å². The molecule has 1 amide bonds.